The second-order valence-corrected chi connectivity index (χ2v) is 4.02. The average Bonchev–Trinajstić information content (AvgIpc) is 2.63. The highest BCUT2D eigenvalue weighted by molar-refractivity contribution is 5.77. The Kier molecular flexibility index (Phi) is 4.92. The van der Waals surface area contributed by atoms with E-state index in [1.807, 2.05) is 0 Å². The third-order valence-electron chi connectivity index (χ3n) is 2.27. The number of aliphatic hydroxyl groups excluding tert-OH is 1. The van der Waals surface area contributed by atoms with Crippen molar-refractivity contribution >= 4 is 11.6 Å². The van der Waals surface area contributed by atoms with Crippen LogP contribution in [-0.2, 0) is 11.3 Å². The molecule has 7 nitrogen and oxygen atoms in total. The van der Waals surface area contributed by atoms with Crippen molar-refractivity contribution in [1.29, 1.82) is 0 Å². The Bertz CT molecular complexity index is 365. The molecule has 4 N–H and O–H groups in total. The molecule has 1 unspecified atom stereocenters. The van der Waals surface area contributed by atoms with Crippen LogP contribution in [0, 0.1) is 0 Å². The van der Waals surface area contributed by atoms with Crippen molar-refractivity contribution in [3.8, 4) is 0 Å². The van der Waals surface area contributed by atoms with E-state index in [4.69, 9.17) is 5.73 Å². The summed E-state index contributed by atoms with van der Waals surface area (Å²) < 4.78 is 1.58. The van der Waals surface area contributed by atoms with Gasteiger partial charge in [0.15, 0.2) is 0 Å². The fourth-order valence-corrected chi connectivity index (χ4v) is 1.50. The molecular weight excluding hydrogens is 222 g/mol. The molecule has 0 spiro atoms. The first kappa shape index (κ1) is 13.5. The van der Waals surface area contributed by atoms with E-state index in [9.17, 15) is 9.90 Å². The Balaban J connectivity index is 2.33. The van der Waals surface area contributed by atoms with Gasteiger partial charge in [-0.25, -0.2) is 0 Å². The summed E-state index contributed by atoms with van der Waals surface area (Å²) in [7, 11) is 3.36. The molecule has 0 aliphatic heterocycles. The van der Waals surface area contributed by atoms with Gasteiger partial charge in [0, 0.05) is 19.8 Å². The van der Waals surface area contributed by atoms with Gasteiger partial charge in [-0.05, 0) is 7.05 Å². The summed E-state index contributed by atoms with van der Waals surface area (Å²) in [5.41, 5.74) is 6.08. The first-order valence-electron chi connectivity index (χ1n) is 5.36. The van der Waals surface area contributed by atoms with Gasteiger partial charge in [0.1, 0.15) is 0 Å². The normalized spacial score (nSPS) is 12.7. The zero-order valence-corrected chi connectivity index (χ0v) is 10.1. The van der Waals surface area contributed by atoms with Crippen molar-refractivity contribution in [2.24, 2.45) is 0 Å². The predicted octanol–water partition coefficient (Wildman–Crippen LogP) is -1.50. The molecule has 1 heterocycles. The summed E-state index contributed by atoms with van der Waals surface area (Å²) in [6, 6.07) is 0. The van der Waals surface area contributed by atoms with Crippen LogP contribution in [0.2, 0.25) is 0 Å². The van der Waals surface area contributed by atoms with Gasteiger partial charge in [-0.1, -0.05) is 0 Å². The number of amides is 1. The van der Waals surface area contributed by atoms with Crippen LogP contribution in [-0.4, -0.2) is 59.0 Å². The molecule has 0 aliphatic carbocycles. The van der Waals surface area contributed by atoms with E-state index >= 15 is 0 Å². The zero-order valence-electron chi connectivity index (χ0n) is 10.1. The molecule has 96 valence electrons. The number of hydrogen-bond acceptors (Lipinski definition) is 5. The third-order valence-corrected chi connectivity index (χ3v) is 2.27. The minimum atomic E-state index is -0.594. The Labute approximate surface area is 100 Å². The minimum absolute atomic E-state index is 0.0805. The number of nitrogens with two attached hydrogens (primary N) is 1. The van der Waals surface area contributed by atoms with E-state index < -0.39 is 6.10 Å². The molecule has 0 aliphatic rings. The maximum atomic E-state index is 11.1. The lowest BCUT2D eigenvalue weighted by atomic mass is 10.3. The summed E-state index contributed by atoms with van der Waals surface area (Å²) in [6.07, 6.45) is 2.59. The van der Waals surface area contributed by atoms with Crippen LogP contribution in [0.1, 0.15) is 0 Å². The first-order chi connectivity index (χ1) is 8.01. The van der Waals surface area contributed by atoms with Crippen LogP contribution >= 0.6 is 0 Å². The monoisotopic (exact) mass is 241 g/mol. The molecule has 7 heteroatoms. The van der Waals surface area contributed by atoms with Gasteiger partial charge >= 0.3 is 0 Å². The molecule has 1 aromatic rings. The summed E-state index contributed by atoms with van der Waals surface area (Å²) in [4.78, 5) is 12.8. The van der Waals surface area contributed by atoms with Crippen molar-refractivity contribution in [2.75, 3.05) is 32.9 Å². The topological polar surface area (TPSA) is 96.4 Å². The van der Waals surface area contributed by atoms with E-state index in [0.29, 0.717) is 18.8 Å². The molecule has 0 radical (unpaired) electrons. The average molecular weight is 241 g/mol. The van der Waals surface area contributed by atoms with Crippen molar-refractivity contribution in [2.45, 2.75) is 12.6 Å². The molecule has 1 atom stereocenters. The van der Waals surface area contributed by atoms with E-state index in [2.05, 4.69) is 10.4 Å². The van der Waals surface area contributed by atoms with E-state index in [0.717, 1.165) is 0 Å². The summed E-state index contributed by atoms with van der Waals surface area (Å²) in [6.45, 7) is 1.01. The van der Waals surface area contributed by atoms with Crippen molar-refractivity contribution in [1.82, 2.24) is 20.0 Å². The molecule has 1 aromatic heterocycles. The molecule has 0 aromatic carbocycles. The Morgan fingerprint density at radius 2 is 2.47 bits per heavy atom. The molecule has 17 heavy (non-hydrogen) atoms. The van der Waals surface area contributed by atoms with Gasteiger partial charge in [-0.15, -0.1) is 0 Å². The van der Waals surface area contributed by atoms with Gasteiger partial charge in [0.25, 0.3) is 0 Å². The number of nitrogens with one attached hydrogen (secondary N) is 1. The number of carbonyl (C=O) groups is 1. The highest BCUT2D eigenvalue weighted by Gasteiger charge is 2.11. The number of rotatable bonds is 6. The summed E-state index contributed by atoms with van der Waals surface area (Å²) in [5, 5.41) is 16.3. The summed E-state index contributed by atoms with van der Waals surface area (Å²) >= 11 is 0. The maximum Gasteiger partial charge on any atom is 0.233 e. The van der Waals surface area contributed by atoms with Gasteiger partial charge in [0.05, 0.1) is 31.1 Å². The fourth-order valence-electron chi connectivity index (χ4n) is 1.50. The van der Waals surface area contributed by atoms with Crippen LogP contribution in [0.5, 0.6) is 0 Å². The number of hydrogen-bond donors (Lipinski definition) is 3. The van der Waals surface area contributed by atoms with E-state index in [1.165, 1.54) is 6.20 Å². The van der Waals surface area contributed by atoms with Crippen molar-refractivity contribution in [3.63, 3.8) is 0 Å². The lowest BCUT2D eigenvalue weighted by Gasteiger charge is -2.19. The molecule has 0 saturated carbocycles. The minimum Gasteiger partial charge on any atom is -0.396 e. The quantitative estimate of drug-likeness (QED) is 0.563. The third kappa shape index (κ3) is 4.83. The number of nitrogens with zero attached hydrogens (tertiary/aromatic N) is 3. The second-order valence-electron chi connectivity index (χ2n) is 4.02. The Morgan fingerprint density at radius 1 is 1.76 bits per heavy atom. The fraction of sp³-hybridized carbons (Fsp3) is 0.600. The number of aromatic nitrogens is 2. The van der Waals surface area contributed by atoms with Crippen LogP contribution in [0.3, 0.4) is 0 Å². The number of likely N-dealkylation sites (N-methyl/N-ethyl adjacent to an activating group) is 2. The highest BCUT2D eigenvalue weighted by Crippen LogP contribution is 2.00. The zero-order chi connectivity index (χ0) is 12.8. The van der Waals surface area contributed by atoms with Crippen molar-refractivity contribution < 1.29 is 9.90 Å². The lowest BCUT2D eigenvalue weighted by Crippen LogP contribution is -2.38. The van der Waals surface area contributed by atoms with Crippen LogP contribution < -0.4 is 11.1 Å². The molecular formula is C10H19N5O2. The predicted molar refractivity (Wildman–Crippen MR) is 64.2 cm³/mol. The SMILES string of the molecule is CNC(=O)CN(C)CC(O)Cn1cc(N)cn1. The van der Waals surface area contributed by atoms with Gasteiger partial charge in [0.2, 0.25) is 5.91 Å². The molecule has 1 rings (SSSR count). The van der Waals surface area contributed by atoms with Gasteiger partial charge < -0.3 is 16.2 Å². The van der Waals surface area contributed by atoms with E-state index in [1.54, 1.807) is 29.9 Å². The summed E-state index contributed by atoms with van der Waals surface area (Å²) in [5.74, 6) is -0.0805. The first-order valence-corrected chi connectivity index (χ1v) is 5.36. The van der Waals surface area contributed by atoms with Crippen LogP contribution in [0.15, 0.2) is 12.4 Å². The number of nitrogen functional groups attached to an aromatic ring is 1. The molecule has 0 saturated heterocycles. The number of anilines is 1. The molecule has 0 fully saturated rings. The lowest BCUT2D eigenvalue weighted by molar-refractivity contribution is -0.121. The van der Waals surface area contributed by atoms with Gasteiger partial charge in [-0.3, -0.25) is 14.4 Å². The smallest absolute Gasteiger partial charge is 0.233 e. The maximum absolute atomic E-state index is 11.1. The van der Waals surface area contributed by atoms with Crippen LogP contribution in [0.25, 0.3) is 0 Å². The van der Waals surface area contributed by atoms with Crippen LogP contribution in [0.4, 0.5) is 5.69 Å². The highest BCUT2D eigenvalue weighted by atomic mass is 16.3. The Hall–Kier alpha value is -1.60. The van der Waals surface area contributed by atoms with Crippen molar-refractivity contribution in [3.05, 3.63) is 12.4 Å². The number of carbonyl (C=O) groups excluding carboxylic acids is 1. The standard InChI is InChI=1S/C10H19N5O2/c1-12-10(17)7-14(2)5-9(16)6-15-4-8(11)3-13-15/h3-4,9,16H,5-7,11H2,1-2H3,(H,12,17). The van der Waals surface area contributed by atoms with Gasteiger partial charge in [-0.2, -0.15) is 5.10 Å². The Morgan fingerprint density at radius 3 is 3.00 bits per heavy atom. The number of aliphatic hydroxyl groups is 1. The second kappa shape index (κ2) is 6.21. The molecule has 0 bridgehead atoms. The largest absolute Gasteiger partial charge is 0.396 e. The molecule has 1 amide bonds. The van der Waals surface area contributed by atoms with E-state index in [-0.39, 0.29) is 12.5 Å².